The smallest absolute Gasteiger partial charge is 0.235 e. The van der Waals surface area contributed by atoms with Crippen molar-refractivity contribution in [2.45, 2.75) is 24.3 Å². The maximum absolute atomic E-state index is 13.8. The van der Waals surface area contributed by atoms with Gasteiger partial charge in [-0.2, -0.15) is 0 Å². The van der Waals surface area contributed by atoms with Gasteiger partial charge >= 0.3 is 0 Å². The molecular formula is C32H33N3O4. The predicted octanol–water partition coefficient (Wildman–Crippen LogP) is 5.32. The molecule has 2 heterocycles. The van der Waals surface area contributed by atoms with E-state index in [4.69, 9.17) is 14.0 Å². The summed E-state index contributed by atoms with van der Waals surface area (Å²) in [5.74, 6) is 2.04. The summed E-state index contributed by atoms with van der Waals surface area (Å²) in [4.78, 5) is 18.3. The molecule has 1 aliphatic heterocycles. The van der Waals surface area contributed by atoms with E-state index in [1.54, 1.807) is 14.2 Å². The first kappa shape index (κ1) is 25.2. The van der Waals surface area contributed by atoms with Crippen molar-refractivity contribution in [2.24, 2.45) is 0 Å². The lowest BCUT2D eigenvalue weighted by atomic mass is 9.95. The number of carbonyl (C=O) groups excluding carboxylic acids is 1. The highest BCUT2D eigenvalue weighted by Crippen LogP contribution is 2.50. The van der Waals surface area contributed by atoms with E-state index in [0.717, 1.165) is 31.5 Å². The Balaban J connectivity index is 1.17. The zero-order valence-electron chi connectivity index (χ0n) is 22.4. The van der Waals surface area contributed by atoms with Gasteiger partial charge in [-0.15, -0.1) is 0 Å². The van der Waals surface area contributed by atoms with Gasteiger partial charge < -0.3 is 18.9 Å². The Morgan fingerprint density at radius 2 is 1.44 bits per heavy atom. The lowest BCUT2D eigenvalue weighted by Gasteiger charge is -2.40. The SMILES string of the molecule is COc1ccc(-c2cc(C3(C(=O)N4CCN(C(c5ccccc5)c5ccccc5)CC4)CC3)no2)cc1OC. The van der Waals surface area contributed by atoms with Crippen LogP contribution >= 0.6 is 0 Å². The lowest BCUT2D eigenvalue weighted by molar-refractivity contribution is -0.136. The van der Waals surface area contributed by atoms with Gasteiger partial charge in [-0.25, -0.2) is 0 Å². The Kier molecular flexibility index (Phi) is 6.83. The standard InChI is InChI=1S/C32H33N3O4/c1-37-26-14-13-25(21-28(26)38-2)27-22-29(33-39-27)32(15-16-32)31(36)35-19-17-34(18-20-35)30(23-9-5-3-6-10-23)24-11-7-4-8-12-24/h3-14,21-22,30H,15-20H2,1-2H3. The molecule has 7 nitrogen and oxygen atoms in total. The first-order chi connectivity index (χ1) is 19.1. The van der Waals surface area contributed by atoms with Gasteiger partial charge in [0.05, 0.1) is 31.4 Å². The largest absolute Gasteiger partial charge is 0.493 e. The molecule has 39 heavy (non-hydrogen) atoms. The number of hydrogen-bond donors (Lipinski definition) is 0. The number of rotatable bonds is 8. The Morgan fingerprint density at radius 1 is 0.821 bits per heavy atom. The summed E-state index contributed by atoms with van der Waals surface area (Å²) in [6.45, 7) is 3.01. The van der Waals surface area contributed by atoms with Gasteiger partial charge in [-0.3, -0.25) is 9.69 Å². The highest BCUT2D eigenvalue weighted by atomic mass is 16.5. The van der Waals surface area contributed by atoms with Crippen LogP contribution in [0.1, 0.15) is 35.7 Å². The summed E-state index contributed by atoms with van der Waals surface area (Å²) < 4.78 is 16.5. The summed E-state index contributed by atoms with van der Waals surface area (Å²) in [6.07, 6.45) is 1.58. The van der Waals surface area contributed by atoms with Crippen molar-refractivity contribution in [3.63, 3.8) is 0 Å². The summed E-state index contributed by atoms with van der Waals surface area (Å²) in [6, 6.07) is 28.9. The van der Waals surface area contributed by atoms with Gasteiger partial charge in [0.15, 0.2) is 17.3 Å². The molecule has 0 radical (unpaired) electrons. The number of nitrogens with zero attached hydrogens (tertiary/aromatic N) is 3. The fraction of sp³-hybridized carbons (Fsp3) is 0.312. The van der Waals surface area contributed by atoms with E-state index < -0.39 is 5.41 Å². The van der Waals surface area contributed by atoms with Crippen LogP contribution in [0.5, 0.6) is 11.5 Å². The van der Waals surface area contributed by atoms with Crippen molar-refractivity contribution in [3.8, 4) is 22.8 Å². The van der Waals surface area contributed by atoms with Crippen molar-refractivity contribution >= 4 is 5.91 Å². The van der Waals surface area contributed by atoms with Crippen LogP contribution < -0.4 is 9.47 Å². The van der Waals surface area contributed by atoms with Gasteiger partial charge in [0.1, 0.15) is 0 Å². The molecule has 0 unspecified atom stereocenters. The summed E-state index contributed by atoms with van der Waals surface area (Å²) in [5.41, 5.74) is 3.50. The van der Waals surface area contributed by atoms with E-state index in [-0.39, 0.29) is 11.9 Å². The van der Waals surface area contributed by atoms with Crippen molar-refractivity contribution in [1.82, 2.24) is 15.0 Å². The van der Waals surface area contributed by atoms with Crippen LogP contribution in [-0.4, -0.2) is 61.3 Å². The fourth-order valence-corrected chi connectivity index (χ4v) is 5.70. The topological polar surface area (TPSA) is 68.0 Å². The highest BCUT2D eigenvalue weighted by molar-refractivity contribution is 5.91. The molecule has 1 saturated heterocycles. The molecule has 1 amide bonds. The molecule has 0 spiro atoms. The molecule has 0 bridgehead atoms. The van der Waals surface area contributed by atoms with Crippen molar-refractivity contribution < 1.29 is 18.8 Å². The molecular weight excluding hydrogens is 490 g/mol. The molecule has 0 N–H and O–H groups in total. The predicted molar refractivity (Wildman–Crippen MR) is 149 cm³/mol. The van der Waals surface area contributed by atoms with Crippen LogP contribution in [0.15, 0.2) is 89.5 Å². The number of aromatic nitrogens is 1. The summed E-state index contributed by atoms with van der Waals surface area (Å²) in [5, 5.41) is 4.36. The quantitative estimate of drug-likeness (QED) is 0.311. The molecule has 4 aromatic rings. The second kappa shape index (κ2) is 10.6. The van der Waals surface area contributed by atoms with E-state index >= 15 is 0 Å². The second-order valence-electron chi connectivity index (χ2n) is 10.3. The molecule has 200 valence electrons. The maximum atomic E-state index is 13.8. The minimum absolute atomic E-state index is 0.158. The number of amides is 1. The molecule has 0 atom stereocenters. The number of methoxy groups -OCH3 is 2. The van der Waals surface area contributed by atoms with Crippen LogP contribution in [0.2, 0.25) is 0 Å². The molecule has 6 rings (SSSR count). The zero-order valence-corrected chi connectivity index (χ0v) is 22.4. The van der Waals surface area contributed by atoms with Gasteiger partial charge in [0, 0.05) is 37.8 Å². The highest BCUT2D eigenvalue weighted by Gasteiger charge is 2.55. The second-order valence-corrected chi connectivity index (χ2v) is 10.3. The molecule has 1 saturated carbocycles. The van der Waals surface area contributed by atoms with Crippen molar-refractivity contribution in [1.29, 1.82) is 0 Å². The molecule has 3 aromatic carbocycles. The van der Waals surface area contributed by atoms with Crippen molar-refractivity contribution in [3.05, 3.63) is 102 Å². The normalized spacial score (nSPS) is 16.7. The molecule has 1 aromatic heterocycles. The third kappa shape index (κ3) is 4.79. The number of ether oxygens (including phenoxy) is 2. The van der Waals surface area contributed by atoms with Crippen LogP contribution in [-0.2, 0) is 10.2 Å². The number of benzene rings is 3. The van der Waals surface area contributed by atoms with E-state index in [9.17, 15) is 4.79 Å². The Bertz CT molecular complexity index is 1380. The van der Waals surface area contributed by atoms with Gasteiger partial charge in [-0.05, 0) is 42.2 Å². The van der Waals surface area contributed by atoms with Crippen LogP contribution in [0.25, 0.3) is 11.3 Å². The number of piperazine rings is 1. The van der Waals surface area contributed by atoms with Gasteiger partial charge in [-0.1, -0.05) is 65.8 Å². The third-order valence-corrected chi connectivity index (χ3v) is 8.03. The first-order valence-electron chi connectivity index (χ1n) is 13.5. The Hall–Kier alpha value is -4.10. The Morgan fingerprint density at radius 3 is 2.00 bits per heavy atom. The first-order valence-corrected chi connectivity index (χ1v) is 13.5. The van der Waals surface area contributed by atoms with Crippen LogP contribution in [0.4, 0.5) is 0 Å². The fourth-order valence-electron chi connectivity index (χ4n) is 5.70. The lowest BCUT2D eigenvalue weighted by Crippen LogP contribution is -2.52. The average molecular weight is 524 g/mol. The molecule has 2 fully saturated rings. The monoisotopic (exact) mass is 523 g/mol. The van der Waals surface area contributed by atoms with Crippen molar-refractivity contribution in [2.75, 3.05) is 40.4 Å². The number of carbonyl (C=O) groups is 1. The summed E-state index contributed by atoms with van der Waals surface area (Å²) >= 11 is 0. The van der Waals surface area contributed by atoms with Crippen LogP contribution in [0.3, 0.4) is 0 Å². The van der Waals surface area contributed by atoms with Gasteiger partial charge in [0.2, 0.25) is 5.91 Å². The summed E-state index contributed by atoms with van der Waals surface area (Å²) in [7, 11) is 3.21. The Labute approximate surface area is 228 Å². The van der Waals surface area contributed by atoms with E-state index in [1.807, 2.05) is 29.2 Å². The minimum atomic E-state index is -0.585. The molecule has 1 aliphatic carbocycles. The van der Waals surface area contributed by atoms with Gasteiger partial charge in [0.25, 0.3) is 0 Å². The zero-order chi connectivity index (χ0) is 26.8. The number of hydrogen-bond acceptors (Lipinski definition) is 6. The molecule has 7 heteroatoms. The third-order valence-electron chi connectivity index (χ3n) is 8.03. The van der Waals surface area contributed by atoms with E-state index in [2.05, 4.69) is 70.7 Å². The van der Waals surface area contributed by atoms with E-state index in [0.29, 0.717) is 36.0 Å². The van der Waals surface area contributed by atoms with E-state index in [1.165, 1.54) is 11.1 Å². The minimum Gasteiger partial charge on any atom is -0.493 e. The average Bonchev–Trinajstić information content (AvgIpc) is 3.66. The maximum Gasteiger partial charge on any atom is 0.235 e. The van der Waals surface area contributed by atoms with Crippen LogP contribution in [0, 0.1) is 0 Å². The molecule has 2 aliphatic rings.